The fourth-order valence-corrected chi connectivity index (χ4v) is 2.04. The van der Waals surface area contributed by atoms with Crippen molar-refractivity contribution in [3.63, 3.8) is 0 Å². The third-order valence-corrected chi connectivity index (χ3v) is 2.70. The molecule has 1 aromatic rings. The van der Waals surface area contributed by atoms with Gasteiger partial charge in [0.15, 0.2) is 0 Å². The zero-order chi connectivity index (χ0) is 7.56. The molecule has 0 aliphatic rings. The fraction of sp³-hybridized carbons (Fsp3) is 0.375. The van der Waals surface area contributed by atoms with Gasteiger partial charge < -0.3 is 4.80 Å². The van der Waals surface area contributed by atoms with E-state index in [4.69, 9.17) is 0 Å². The second-order valence-electron chi connectivity index (χ2n) is 2.75. The van der Waals surface area contributed by atoms with Gasteiger partial charge in [0.05, 0.1) is 0 Å². The molecule has 0 aromatic carbocycles. The van der Waals surface area contributed by atoms with E-state index in [1.54, 1.807) is 0 Å². The summed E-state index contributed by atoms with van der Waals surface area (Å²) < 4.78 is 0. The maximum Gasteiger partial charge on any atom is 0.258 e. The Bertz CT molecular complexity index is 220. The topological polar surface area (TPSA) is 20.2 Å². The van der Waals surface area contributed by atoms with Crippen LogP contribution in [0.25, 0.3) is 0 Å². The van der Waals surface area contributed by atoms with Gasteiger partial charge in [-0.1, -0.05) is 26.0 Å². The van der Waals surface area contributed by atoms with E-state index in [2.05, 4.69) is 19.9 Å². The zero-order valence-corrected chi connectivity index (χ0v) is 7.33. The van der Waals surface area contributed by atoms with Crippen molar-refractivity contribution < 1.29 is 4.80 Å². The highest BCUT2D eigenvalue weighted by molar-refractivity contribution is 6.41. The van der Waals surface area contributed by atoms with E-state index >= 15 is 0 Å². The van der Waals surface area contributed by atoms with Crippen LogP contribution in [-0.2, 0) is 0 Å². The molecule has 10 heavy (non-hydrogen) atoms. The quantitative estimate of drug-likeness (QED) is 0.606. The van der Waals surface area contributed by atoms with Gasteiger partial charge >= 0.3 is 0 Å². The van der Waals surface area contributed by atoms with Crippen LogP contribution in [0.1, 0.15) is 25.3 Å². The summed E-state index contributed by atoms with van der Waals surface area (Å²) in [5.74, 6) is 0.539. The van der Waals surface area contributed by atoms with Crippen LogP contribution in [0.5, 0.6) is 0 Å². The van der Waals surface area contributed by atoms with Crippen molar-refractivity contribution in [3.8, 4) is 0 Å². The number of hydrogen-bond acceptors (Lipinski definition) is 1. The van der Waals surface area contributed by atoms with Crippen molar-refractivity contribution in [2.45, 2.75) is 19.8 Å². The van der Waals surface area contributed by atoms with E-state index in [1.807, 2.05) is 17.4 Å². The van der Waals surface area contributed by atoms with E-state index in [9.17, 15) is 4.80 Å². The molecular formula is C8H12OSi. The van der Waals surface area contributed by atoms with Crippen molar-refractivity contribution in [1.29, 1.82) is 0 Å². The van der Waals surface area contributed by atoms with Crippen LogP contribution in [-0.4, -0.2) is 13.4 Å². The molecule has 0 bridgehead atoms. The molecule has 1 N–H and O–H groups in total. The minimum atomic E-state index is -1.26. The molecule has 0 spiro atoms. The van der Waals surface area contributed by atoms with Crippen molar-refractivity contribution in [3.05, 3.63) is 29.1 Å². The predicted molar refractivity (Wildman–Crippen MR) is 44.1 cm³/mol. The van der Waals surface area contributed by atoms with Gasteiger partial charge in [-0.15, -0.1) is 0 Å². The summed E-state index contributed by atoms with van der Waals surface area (Å²) in [5, 5.41) is 0. The lowest BCUT2D eigenvalue weighted by Crippen LogP contribution is -1.96. The molecule has 1 aromatic heterocycles. The molecular weight excluding hydrogens is 140 g/mol. The van der Waals surface area contributed by atoms with Gasteiger partial charge in [0.2, 0.25) is 0 Å². The largest absolute Gasteiger partial charge is 0.563 e. The molecule has 1 rings (SSSR count). The van der Waals surface area contributed by atoms with Crippen molar-refractivity contribution in [2.75, 3.05) is 0 Å². The normalized spacial score (nSPS) is 10.3. The van der Waals surface area contributed by atoms with E-state index < -0.39 is 8.64 Å². The molecule has 2 heteroatoms. The predicted octanol–water partition coefficient (Wildman–Crippen LogP) is 1.59. The van der Waals surface area contributed by atoms with Gasteiger partial charge in [-0.2, -0.15) is 0 Å². The summed E-state index contributed by atoms with van der Waals surface area (Å²) in [6, 6.07) is 4.01. The average Bonchev–Trinajstić information content (AvgIpc) is 1.88. The summed E-state index contributed by atoms with van der Waals surface area (Å²) in [6.45, 7) is 4.27. The standard InChI is InChI=1S/C8H12OSi/c1-7(2)8-4-3-5-10(9)6-8/h3-7,9H,1-2H3. The Labute approximate surface area is 63.0 Å². The van der Waals surface area contributed by atoms with Crippen LogP contribution in [0, 0.1) is 0 Å². The molecule has 0 amide bonds. The lowest BCUT2D eigenvalue weighted by atomic mass is 10.1. The molecule has 1 heterocycles. The fourth-order valence-electron chi connectivity index (χ4n) is 0.884. The minimum absolute atomic E-state index is 0.539. The molecule has 0 saturated carbocycles. The van der Waals surface area contributed by atoms with Gasteiger partial charge in [-0.05, 0) is 22.8 Å². The van der Waals surface area contributed by atoms with Crippen molar-refractivity contribution in [2.24, 2.45) is 0 Å². The third kappa shape index (κ3) is 1.67. The van der Waals surface area contributed by atoms with Gasteiger partial charge in [0, 0.05) is 0 Å². The Hall–Kier alpha value is -0.633. The third-order valence-electron chi connectivity index (χ3n) is 1.54. The second-order valence-corrected chi connectivity index (χ2v) is 4.22. The van der Waals surface area contributed by atoms with Gasteiger partial charge in [-0.3, -0.25) is 0 Å². The van der Waals surface area contributed by atoms with Crippen LogP contribution in [0.2, 0.25) is 0 Å². The second kappa shape index (κ2) is 2.97. The molecule has 0 aliphatic heterocycles. The zero-order valence-electron chi connectivity index (χ0n) is 6.33. The molecule has 1 nitrogen and oxygen atoms in total. The van der Waals surface area contributed by atoms with Crippen molar-refractivity contribution in [1.82, 2.24) is 0 Å². The van der Waals surface area contributed by atoms with Crippen LogP contribution in [0.15, 0.2) is 23.5 Å². The highest BCUT2D eigenvalue weighted by Gasteiger charge is 1.98. The Balaban J connectivity index is 2.96. The molecule has 0 unspecified atom stereocenters. The molecule has 0 aliphatic carbocycles. The summed E-state index contributed by atoms with van der Waals surface area (Å²) in [4.78, 5) is 9.25. The average molecular weight is 152 g/mol. The molecule has 0 saturated heterocycles. The van der Waals surface area contributed by atoms with Crippen LogP contribution in [0.3, 0.4) is 0 Å². The van der Waals surface area contributed by atoms with E-state index in [0.717, 1.165) is 0 Å². The number of rotatable bonds is 1. The van der Waals surface area contributed by atoms with Gasteiger partial charge in [0.25, 0.3) is 8.64 Å². The van der Waals surface area contributed by atoms with E-state index in [0.29, 0.717) is 5.92 Å². The Kier molecular flexibility index (Phi) is 2.22. The monoisotopic (exact) mass is 152 g/mol. The Morgan fingerprint density at radius 3 is 2.60 bits per heavy atom. The lowest BCUT2D eigenvalue weighted by Gasteiger charge is -2.03. The highest BCUT2D eigenvalue weighted by Crippen LogP contribution is 2.11. The van der Waals surface area contributed by atoms with Gasteiger partial charge in [-0.25, -0.2) is 0 Å². The first-order valence-electron chi connectivity index (χ1n) is 3.49. The summed E-state index contributed by atoms with van der Waals surface area (Å²) in [7, 11) is -1.26. The summed E-state index contributed by atoms with van der Waals surface area (Å²) in [6.07, 6.45) is 0. The molecule has 0 atom stereocenters. The van der Waals surface area contributed by atoms with Crippen LogP contribution in [0.4, 0.5) is 0 Å². The smallest absolute Gasteiger partial charge is 0.258 e. The Morgan fingerprint density at radius 2 is 2.20 bits per heavy atom. The molecule has 0 radical (unpaired) electrons. The maximum absolute atomic E-state index is 9.25. The van der Waals surface area contributed by atoms with Crippen LogP contribution >= 0.6 is 0 Å². The summed E-state index contributed by atoms with van der Waals surface area (Å²) in [5.41, 5.74) is 5.12. The summed E-state index contributed by atoms with van der Waals surface area (Å²) >= 11 is 0. The first-order chi connectivity index (χ1) is 4.70. The Morgan fingerprint density at radius 1 is 1.50 bits per heavy atom. The van der Waals surface area contributed by atoms with Crippen LogP contribution < -0.4 is 0 Å². The molecule has 0 fully saturated rings. The van der Waals surface area contributed by atoms with Gasteiger partial charge in [0.1, 0.15) is 0 Å². The maximum atomic E-state index is 9.25. The SMILES string of the molecule is CC(C)c1ccc[si](O)c1. The molecule has 54 valence electrons. The highest BCUT2D eigenvalue weighted by atomic mass is 28.2. The van der Waals surface area contributed by atoms with E-state index in [1.165, 1.54) is 5.56 Å². The number of hydrogen-bond donors (Lipinski definition) is 1. The lowest BCUT2D eigenvalue weighted by molar-refractivity contribution is 0.606. The first-order valence-corrected chi connectivity index (χ1v) is 5.09. The van der Waals surface area contributed by atoms with Crippen molar-refractivity contribution >= 4 is 8.64 Å². The first kappa shape index (κ1) is 7.47. The van der Waals surface area contributed by atoms with E-state index in [-0.39, 0.29) is 0 Å². The minimum Gasteiger partial charge on any atom is -0.563 e.